The molecule has 0 amide bonds. The van der Waals surface area contributed by atoms with Crippen LogP contribution in [0.5, 0.6) is 0 Å². The molecule has 7 aromatic rings. The highest BCUT2D eigenvalue weighted by molar-refractivity contribution is 5.86. The lowest BCUT2D eigenvalue weighted by Crippen LogP contribution is -2.28. The van der Waals surface area contributed by atoms with E-state index in [1.807, 2.05) is 0 Å². The molecule has 0 aliphatic heterocycles. The second-order valence-electron chi connectivity index (χ2n) is 13.8. The van der Waals surface area contributed by atoms with Crippen LogP contribution in [0.3, 0.4) is 0 Å². The minimum Gasteiger partial charge on any atom is -0.310 e. The Morgan fingerprint density at radius 3 is 1.54 bits per heavy atom. The van der Waals surface area contributed by atoms with Gasteiger partial charge >= 0.3 is 0 Å². The average molecular weight is 646 g/mol. The summed E-state index contributed by atoms with van der Waals surface area (Å²) in [6.07, 6.45) is 3.55. The van der Waals surface area contributed by atoms with Crippen LogP contribution in [-0.4, -0.2) is 0 Å². The van der Waals surface area contributed by atoms with E-state index in [-0.39, 0.29) is 5.41 Å². The van der Waals surface area contributed by atoms with E-state index in [9.17, 15) is 0 Å². The van der Waals surface area contributed by atoms with Gasteiger partial charge in [0.25, 0.3) is 0 Å². The van der Waals surface area contributed by atoms with Gasteiger partial charge in [0.15, 0.2) is 0 Å². The topological polar surface area (TPSA) is 3.24 Å². The molecule has 0 saturated carbocycles. The molecule has 0 bridgehead atoms. The molecule has 1 aliphatic carbocycles. The standard InChI is InChI=1S/C49H43N/c1-4-5-12-37-20-30-42(31-21-37)50(44-13-10-11-36(3)34-44)43-32-24-39(25-33-43)38-22-28-41(29-23-38)49(40-26-18-35(2)19-27-40)47-16-8-6-14-45(47)46-15-7-9-17-48(46)49/h6-11,13-34H,4-5,12H2,1-3H3. The Kier molecular flexibility index (Phi) is 8.43. The highest BCUT2D eigenvalue weighted by Gasteiger charge is 2.45. The van der Waals surface area contributed by atoms with Crippen molar-refractivity contribution in [2.45, 2.75) is 45.4 Å². The van der Waals surface area contributed by atoms with Crippen LogP contribution in [-0.2, 0) is 11.8 Å². The van der Waals surface area contributed by atoms with E-state index in [2.05, 4.69) is 196 Å². The number of fused-ring (bicyclic) bond motifs is 3. The lowest BCUT2D eigenvalue weighted by Gasteiger charge is -2.34. The quantitative estimate of drug-likeness (QED) is 0.151. The molecule has 1 aliphatic rings. The summed E-state index contributed by atoms with van der Waals surface area (Å²) < 4.78 is 0. The number of anilines is 3. The molecule has 0 fully saturated rings. The van der Waals surface area contributed by atoms with Gasteiger partial charge in [-0.1, -0.05) is 152 Å². The van der Waals surface area contributed by atoms with E-state index in [0.717, 1.165) is 12.1 Å². The molecule has 8 rings (SSSR count). The Morgan fingerprint density at radius 2 is 0.980 bits per heavy atom. The monoisotopic (exact) mass is 645 g/mol. The third kappa shape index (κ3) is 5.53. The number of hydrogen-bond donors (Lipinski definition) is 0. The van der Waals surface area contributed by atoms with Gasteiger partial charge in [-0.15, -0.1) is 0 Å². The predicted octanol–water partition coefficient (Wildman–Crippen LogP) is 13.1. The van der Waals surface area contributed by atoms with Gasteiger partial charge in [0, 0.05) is 17.1 Å². The summed E-state index contributed by atoms with van der Waals surface area (Å²) in [4.78, 5) is 2.36. The number of rotatable bonds is 9. The molecule has 0 N–H and O–H groups in total. The molecule has 1 nitrogen and oxygen atoms in total. The van der Waals surface area contributed by atoms with E-state index >= 15 is 0 Å². The molecule has 0 spiro atoms. The summed E-state index contributed by atoms with van der Waals surface area (Å²) in [5.74, 6) is 0. The number of nitrogens with zero attached hydrogens (tertiary/aromatic N) is 1. The maximum Gasteiger partial charge on any atom is 0.0713 e. The maximum atomic E-state index is 2.36. The third-order valence-electron chi connectivity index (χ3n) is 10.5. The van der Waals surface area contributed by atoms with Crippen molar-refractivity contribution < 1.29 is 0 Å². The Balaban J connectivity index is 1.17. The maximum absolute atomic E-state index is 2.36. The Bertz CT molecular complexity index is 2200. The van der Waals surface area contributed by atoms with Crippen molar-refractivity contribution in [3.8, 4) is 22.3 Å². The summed E-state index contributed by atoms with van der Waals surface area (Å²) in [6.45, 7) is 6.58. The summed E-state index contributed by atoms with van der Waals surface area (Å²) in [7, 11) is 0. The highest BCUT2D eigenvalue weighted by Crippen LogP contribution is 2.56. The van der Waals surface area contributed by atoms with Gasteiger partial charge in [0.1, 0.15) is 0 Å². The molecule has 1 heteroatoms. The number of aryl methyl sites for hydroxylation is 3. The van der Waals surface area contributed by atoms with Crippen molar-refractivity contribution in [3.05, 3.63) is 209 Å². The fourth-order valence-corrected chi connectivity index (χ4v) is 7.95. The first kappa shape index (κ1) is 31.6. The minimum absolute atomic E-state index is 0.385. The Morgan fingerprint density at radius 1 is 0.460 bits per heavy atom. The molecule has 0 aromatic heterocycles. The molecule has 0 atom stereocenters. The SMILES string of the molecule is CCCCc1ccc(N(c2ccc(-c3ccc(C4(c5ccc(C)cc5)c5ccccc5-c5ccccc54)cc3)cc2)c2cccc(C)c2)cc1. The summed E-state index contributed by atoms with van der Waals surface area (Å²) in [5, 5.41) is 0. The molecule has 0 saturated heterocycles. The Hall–Kier alpha value is -5.66. The van der Waals surface area contributed by atoms with Gasteiger partial charge in [-0.3, -0.25) is 0 Å². The fourth-order valence-electron chi connectivity index (χ4n) is 7.95. The van der Waals surface area contributed by atoms with E-state index in [1.165, 1.54) is 85.4 Å². The predicted molar refractivity (Wildman–Crippen MR) is 212 cm³/mol. The fraction of sp³-hybridized carbons (Fsp3) is 0.143. The third-order valence-corrected chi connectivity index (χ3v) is 10.5. The molecule has 7 aromatic carbocycles. The molecular weight excluding hydrogens is 603 g/mol. The molecular formula is C49H43N. The van der Waals surface area contributed by atoms with Crippen LogP contribution in [0.2, 0.25) is 0 Å². The molecule has 0 radical (unpaired) electrons. The summed E-state index contributed by atoms with van der Waals surface area (Å²) in [6, 6.07) is 63.2. The van der Waals surface area contributed by atoms with E-state index in [1.54, 1.807) is 0 Å². The van der Waals surface area contributed by atoms with E-state index < -0.39 is 0 Å². The van der Waals surface area contributed by atoms with Crippen molar-refractivity contribution in [1.29, 1.82) is 0 Å². The second-order valence-corrected chi connectivity index (χ2v) is 13.8. The first-order valence-electron chi connectivity index (χ1n) is 18.0. The normalized spacial score (nSPS) is 12.7. The second kappa shape index (κ2) is 13.3. The van der Waals surface area contributed by atoms with Crippen molar-refractivity contribution in [2.75, 3.05) is 4.90 Å². The summed E-state index contributed by atoms with van der Waals surface area (Å²) in [5.41, 5.74) is 17.3. The van der Waals surface area contributed by atoms with Crippen LogP contribution in [0, 0.1) is 13.8 Å². The molecule has 50 heavy (non-hydrogen) atoms. The van der Waals surface area contributed by atoms with Gasteiger partial charge in [-0.25, -0.2) is 0 Å². The van der Waals surface area contributed by atoms with Gasteiger partial charge < -0.3 is 4.90 Å². The minimum atomic E-state index is -0.385. The first-order chi connectivity index (χ1) is 24.6. The van der Waals surface area contributed by atoms with Crippen LogP contribution in [0.15, 0.2) is 170 Å². The lowest BCUT2D eigenvalue weighted by molar-refractivity contribution is 0.768. The van der Waals surface area contributed by atoms with E-state index in [0.29, 0.717) is 0 Å². The van der Waals surface area contributed by atoms with Crippen molar-refractivity contribution >= 4 is 17.1 Å². The number of hydrogen-bond acceptors (Lipinski definition) is 1. The largest absolute Gasteiger partial charge is 0.310 e. The van der Waals surface area contributed by atoms with Crippen LogP contribution in [0.4, 0.5) is 17.1 Å². The van der Waals surface area contributed by atoms with Crippen molar-refractivity contribution in [3.63, 3.8) is 0 Å². The molecule has 0 unspecified atom stereocenters. The van der Waals surface area contributed by atoms with Gasteiger partial charge in [0.2, 0.25) is 0 Å². The smallest absolute Gasteiger partial charge is 0.0713 e. The van der Waals surface area contributed by atoms with Crippen LogP contribution < -0.4 is 4.90 Å². The highest BCUT2D eigenvalue weighted by atomic mass is 15.1. The zero-order valence-corrected chi connectivity index (χ0v) is 29.2. The van der Waals surface area contributed by atoms with Gasteiger partial charge in [-0.05, 0) is 119 Å². The van der Waals surface area contributed by atoms with E-state index in [4.69, 9.17) is 0 Å². The Labute approximate surface area is 297 Å². The molecule has 0 heterocycles. The van der Waals surface area contributed by atoms with Crippen molar-refractivity contribution in [1.82, 2.24) is 0 Å². The molecule has 244 valence electrons. The zero-order chi connectivity index (χ0) is 34.1. The van der Waals surface area contributed by atoms with Crippen LogP contribution >= 0.6 is 0 Å². The number of unbranched alkanes of at least 4 members (excludes halogenated alkanes) is 1. The number of benzene rings is 7. The van der Waals surface area contributed by atoms with Crippen molar-refractivity contribution in [2.24, 2.45) is 0 Å². The van der Waals surface area contributed by atoms with Gasteiger partial charge in [0.05, 0.1) is 5.41 Å². The van der Waals surface area contributed by atoms with Gasteiger partial charge in [-0.2, -0.15) is 0 Å². The van der Waals surface area contributed by atoms with Crippen LogP contribution in [0.25, 0.3) is 22.3 Å². The lowest BCUT2D eigenvalue weighted by atomic mass is 9.67. The van der Waals surface area contributed by atoms with Crippen LogP contribution in [0.1, 0.15) is 58.7 Å². The zero-order valence-electron chi connectivity index (χ0n) is 29.2. The average Bonchev–Trinajstić information content (AvgIpc) is 3.46. The summed E-state index contributed by atoms with van der Waals surface area (Å²) >= 11 is 0. The first-order valence-corrected chi connectivity index (χ1v) is 18.0.